The van der Waals surface area contributed by atoms with Crippen LogP contribution in [0, 0.1) is 5.82 Å². The maximum absolute atomic E-state index is 13.9. The predicted octanol–water partition coefficient (Wildman–Crippen LogP) is 4.08. The van der Waals surface area contributed by atoms with Crippen molar-refractivity contribution in [1.29, 1.82) is 0 Å². The number of hydrogen-bond donors (Lipinski definition) is 2. The smallest absolute Gasteiger partial charge is 0.417 e. The summed E-state index contributed by atoms with van der Waals surface area (Å²) in [4.78, 5) is 10.6. The molecule has 25 heavy (non-hydrogen) atoms. The van der Waals surface area contributed by atoms with Gasteiger partial charge >= 0.3 is 12.3 Å². The Balaban J connectivity index is 2.03. The number of ether oxygens (including phenoxy) is 1. The molecule has 2 N–H and O–H groups in total. The molecule has 1 heterocycles. The van der Waals surface area contributed by atoms with Gasteiger partial charge < -0.3 is 15.2 Å². The highest BCUT2D eigenvalue weighted by atomic mass is 19.4. The number of carboxylic acid groups (broad SMARTS) is 1. The number of carbonyl (C=O) groups is 1. The molecule has 1 aliphatic heterocycles. The van der Waals surface area contributed by atoms with Gasteiger partial charge in [0.25, 0.3) is 0 Å². The van der Waals surface area contributed by atoms with Crippen LogP contribution in [0.5, 0.6) is 5.75 Å². The summed E-state index contributed by atoms with van der Waals surface area (Å²) >= 11 is 0. The standard InChI is InChI=1S/C17H13F4NO3/c18-10-5-9-6-11(8-22-16(23)24)25-15(9)13(7-10)12-3-1-2-4-14(12)17(19,20)21/h1-5,7,11,22H,6,8H2,(H,23,24). The second kappa shape index (κ2) is 6.27. The number of amides is 1. The first kappa shape index (κ1) is 17.1. The van der Waals surface area contributed by atoms with Crippen LogP contribution >= 0.6 is 0 Å². The molecule has 0 bridgehead atoms. The average molecular weight is 355 g/mol. The first-order valence-corrected chi connectivity index (χ1v) is 7.38. The van der Waals surface area contributed by atoms with E-state index in [1.807, 2.05) is 0 Å². The monoisotopic (exact) mass is 355 g/mol. The minimum Gasteiger partial charge on any atom is -0.487 e. The van der Waals surface area contributed by atoms with Crippen molar-refractivity contribution in [2.75, 3.05) is 6.54 Å². The molecule has 0 saturated carbocycles. The van der Waals surface area contributed by atoms with Gasteiger partial charge in [0.05, 0.1) is 12.1 Å². The van der Waals surface area contributed by atoms with Gasteiger partial charge in [-0.3, -0.25) is 0 Å². The Morgan fingerprint density at radius 1 is 1.24 bits per heavy atom. The second-order valence-corrected chi connectivity index (χ2v) is 5.61. The summed E-state index contributed by atoms with van der Waals surface area (Å²) in [6.07, 6.45) is -6.24. The molecule has 8 heteroatoms. The average Bonchev–Trinajstić information content (AvgIpc) is 2.94. The van der Waals surface area contributed by atoms with Crippen LogP contribution in [-0.4, -0.2) is 23.8 Å². The number of benzene rings is 2. The largest absolute Gasteiger partial charge is 0.487 e. The number of fused-ring (bicyclic) bond motifs is 1. The van der Waals surface area contributed by atoms with Gasteiger partial charge in [0.2, 0.25) is 0 Å². The molecule has 3 rings (SSSR count). The fourth-order valence-corrected chi connectivity index (χ4v) is 2.87. The topological polar surface area (TPSA) is 58.6 Å². The number of hydrogen-bond acceptors (Lipinski definition) is 2. The molecular weight excluding hydrogens is 342 g/mol. The second-order valence-electron chi connectivity index (χ2n) is 5.61. The molecule has 0 radical (unpaired) electrons. The van der Waals surface area contributed by atoms with Gasteiger partial charge in [0.1, 0.15) is 17.7 Å². The van der Waals surface area contributed by atoms with E-state index in [9.17, 15) is 22.4 Å². The lowest BCUT2D eigenvalue weighted by molar-refractivity contribution is -0.137. The highest BCUT2D eigenvalue weighted by Gasteiger charge is 2.35. The Labute approximate surface area is 140 Å². The van der Waals surface area contributed by atoms with Gasteiger partial charge in [-0.2, -0.15) is 13.2 Å². The van der Waals surface area contributed by atoms with Crippen LogP contribution in [-0.2, 0) is 12.6 Å². The molecule has 4 nitrogen and oxygen atoms in total. The highest BCUT2D eigenvalue weighted by Crippen LogP contribution is 2.44. The summed E-state index contributed by atoms with van der Waals surface area (Å²) in [5, 5.41) is 10.8. The van der Waals surface area contributed by atoms with Gasteiger partial charge in [-0.25, -0.2) is 9.18 Å². The molecule has 0 aromatic heterocycles. The molecule has 0 fully saturated rings. The normalized spacial score (nSPS) is 16.2. The Morgan fingerprint density at radius 2 is 1.96 bits per heavy atom. The molecule has 1 atom stereocenters. The van der Waals surface area contributed by atoms with Crippen molar-refractivity contribution >= 4 is 6.09 Å². The summed E-state index contributed by atoms with van der Waals surface area (Å²) in [7, 11) is 0. The van der Waals surface area contributed by atoms with Crippen LogP contribution in [0.2, 0.25) is 0 Å². The molecule has 0 aliphatic carbocycles. The van der Waals surface area contributed by atoms with Crippen molar-refractivity contribution < 1.29 is 32.2 Å². The van der Waals surface area contributed by atoms with E-state index in [-0.39, 0.29) is 29.8 Å². The van der Waals surface area contributed by atoms with E-state index in [2.05, 4.69) is 5.32 Å². The van der Waals surface area contributed by atoms with Crippen LogP contribution in [0.15, 0.2) is 36.4 Å². The summed E-state index contributed by atoms with van der Waals surface area (Å²) in [5.74, 6) is -0.531. The van der Waals surface area contributed by atoms with E-state index in [1.165, 1.54) is 24.3 Å². The van der Waals surface area contributed by atoms with E-state index in [4.69, 9.17) is 9.84 Å². The molecule has 2 aromatic rings. The maximum Gasteiger partial charge on any atom is 0.417 e. The molecule has 2 aromatic carbocycles. The molecule has 0 spiro atoms. The third-order valence-corrected chi connectivity index (χ3v) is 3.87. The lowest BCUT2D eigenvalue weighted by atomic mass is 9.96. The van der Waals surface area contributed by atoms with Crippen LogP contribution < -0.4 is 10.1 Å². The van der Waals surface area contributed by atoms with Crippen LogP contribution in [0.4, 0.5) is 22.4 Å². The zero-order valence-electron chi connectivity index (χ0n) is 12.7. The SMILES string of the molecule is O=C(O)NCC1Cc2cc(F)cc(-c3ccccc3C(F)(F)F)c2O1. The van der Waals surface area contributed by atoms with E-state index in [0.29, 0.717) is 5.56 Å². The minimum atomic E-state index is -4.60. The van der Waals surface area contributed by atoms with Gasteiger partial charge in [-0.1, -0.05) is 18.2 Å². The van der Waals surface area contributed by atoms with Crippen molar-refractivity contribution in [1.82, 2.24) is 5.32 Å². The van der Waals surface area contributed by atoms with E-state index in [1.54, 1.807) is 0 Å². The summed E-state index contributed by atoms with van der Waals surface area (Å²) in [6.45, 7) is -0.0496. The number of rotatable bonds is 3. The zero-order valence-corrected chi connectivity index (χ0v) is 12.7. The first-order chi connectivity index (χ1) is 11.8. The lowest BCUT2D eigenvalue weighted by Crippen LogP contribution is -2.33. The first-order valence-electron chi connectivity index (χ1n) is 7.38. The van der Waals surface area contributed by atoms with Crippen molar-refractivity contribution in [2.45, 2.75) is 18.7 Å². The fourth-order valence-electron chi connectivity index (χ4n) is 2.87. The molecule has 1 aliphatic rings. The van der Waals surface area contributed by atoms with Crippen LogP contribution in [0.25, 0.3) is 11.1 Å². The molecule has 0 saturated heterocycles. The molecule has 1 unspecified atom stereocenters. The Bertz CT molecular complexity index is 820. The number of alkyl halides is 3. The Kier molecular flexibility index (Phi) is 4.28. The summed E-state index contributed by atoms with van der Waals surface area (Å²) < 4.78 is 59.3. The summed E-state index contributed by atoms with van der Waals surface area (Å²) in [6, 6.07) is 7.05. The third-order valence-electron chi connectivity index (χ3n) is 3.87. The van der Waals surface area contributed by atoms with Crippen molar-refractivity contribution in [3.05, 3.63) is 53.3 Å². The third kappa shape index (κ3) is 3.52. The minimum absolute atomic E-state index is 0.000694. The van der Waals surface area contributed by atoms with Crippen molar-refractivity contribution in [3.8, 4) is 16.9 Å². The van der Waals surface area contributed by atoms with Crippen molar-refractivity contribution in [3.63, 3.8) is 0 Å². The van der Waals surface area contributed by atoms with E-state index in [0.717, 1.165) is 12.1 Å². The van der Waals surface area contributed by atoms with Crippen LogP contribution in [0.3, 0.4) is 0 Å². The highest BCUT2D eigenvalue weighted by molar-refractivity contribution is 5.76. The van der Waals surface area contributed by atoms with Gasteiger partial charge in [-0.05, 0) is 23.8 Å². The maximum atomic E-state index is 13.9. The van der Waals surface area contributed by atoms with Crippen molar-refractivity contribution in [2.24, 2.45) is 0 Å². The van der Waals surface area contributed by atoms with Crippen LogP contribution in [0.1, 0.15) is 11.1 Å². The lowest BCUT2D eigenvalue weighted by Gasteiger charge is -2.16. The zero-order chi connectivity index (χ0) is 18.2. The van der Waals surface area contributed by atoms with Gasteiger partial charge in [-0.15, -0.1) is 0 Å². The Morgan fingerprint density at radius 3 is 2.64 bits per heavy atom. The molecule has 1 amide bonds. The van der Waals surface area contributed by atoms with E-state index >= 15 is 0 Å². The predicted molar refractivity (Wildman–Crippen MR) is 81.0 cm³/mol. The number of halogens is 4. The van der Waals surface area contributed by atoms with Gasteiger partial charge in [0.15, 0.2) is 0 Å². The quantitative estimate of drug-likeness (QED) is 0.816. The number of nitrogens with one attached hydrogen (secondary N) is 1. The molecular formula is C17H13F4NO3. The van der Waals surface area contributed by atoms with E-state index < -0.39 is 29.8 Å². The van der Waals surface area contributed by atoms with Gasteiger partial charge in [0, 0.05) is 17.5 Å². The summed E-state index contributed by atoms with van der Waals surface area (Å²) in [5.41, 5.74) is -0.666. The molecule has 132 valence electrons. The fraction of sp³-hybridized carbons (Fsp3) is 0.235. The Hall–Kier alpha value is -2.77.